The molecule has 6 heteroatoms. The zero-order valence-electron chi connectivity index (χ0n) is 32.7. The van der Waals surface area contributed by atoms with Gasteiger partial charge in [-0.2, -0.15) is 0 Å². The molecule has 284 valence electrons. The van der Waals surface area contributed by atoms with E-state index in [0.717, 1.165) is 74.2 Å². The molecule has 0 saturated heterocycles. The number of anilines is 9. The van der Waals surface area contributed by atoms with Gasteiger partial charge in [-0.3, -0.25) is 0 Å². The molecule has 60 heavy (non-hydrogen) atoms. The summed E-state index contributed by atoms with van der Waals surface area (Å²) < 4.78 is 18.1. The molecule has 2 aliphatic heterocycles. The fraction of sp³-hybridized carbons (Fsp3) is 0. The topological polar surface area (TPSA) is 28.2 Å². The van der Waals surface area contributed by atoms with E-state index in [1.165, 1.54) is 12.4 Å². The van der Waals surface area contributed by atoms with Gasteiger partial charge in [-0.1, -0.05) is 0 Å². The Morgan fingerprint density at radius 2 is 0.517 bits per heavy atom. The SMILES string of the molecule is c1ccc(N(c2ccccc2)c2cc[c]3c(c2)Oc2cc(N(c4ccccc4)c4ccccc4)cc4[c]2[Ga]3[c]2ccc(N(c3ccccc3)c3ccccc3)cc2O4)cc1. The maximum atomic E-state index is 7.15. The van der Waals surface area contributed by atoms with Crippen LogP contribution in [-0.4, -0.2) is 16.2 Å². The Hall–Kier alpha value is -7.38. The Morgan fingerprint density at radius 3 is 0.817 bits per heavy atom. The molecular formula is C54H38GaN3O2. The van der Waals surface area contributed by atoms with Crippen molar-refractivity contribution < 1.29 is 9.47 Å². The number of hydrogen-bond donors (Lipinski definition) is 0. The first-order valence-corrected chi connectivity index (χ1v) is 23.9. The van der Waals surface area contributed by atoms with E-state index in [4.69, 9.17) is 9.47 Å². The molecule has 9 aromatic rings. The van der Waals surface area contributed by atoms with E-state index in [9.17, 15) is 0 Å². The molecule has 0 N–H and O–H groups in total. The van der Waals surface area contributed by atoms with Gasteiger partial charge in [-0.05, 0) is 0 Å². The normalized spacial score (nSPS) is 11.9. The molecule has 0 saturated carbocycles. The summed E-state index contributed by atoms with van der Waals surface area (Å²) in [6.45, 7) is 0. The predicted molar refractivity (Wildman–Crippen MR) is 248 cm³/mol. The number of benzene rings is 9. The van der Waals surface area contributed by atoms with Crippen LogP contribution < -0.4 is 36.5 Å². The summed E-state index contributed by atoms with van der Waals surface area (Å²) in [6, 6.07) is 81.2. The molecule has 9 aromatic carbocycles. The molecule has 0 amide bonds. The van der Waals surface area contributed by atoms with Crippen LogP contribution in [-0.2, 0) is 0 Å². The zero-order valence-corrected chi connectivity index (χ0v) is 35.1. The number of fused-ring (bicyclic) bond motifs is 4. The second-order valence-electron chi connectivity index (χ2n) is 15.0. The molecule has 0 unspecified atom stereocenters. The third-order valence-electron chi connectivity index (χ3n) is 11.3. The standard InChI is InChI=1S/C54H38N3O2.Ga/c1-7-21-42(22-8-1)55(43-23-9-2-10-24-43)48-33-19-35-51(37-48)58-53-39-50(57(46-29-15-5-16-30-46)47-31-17-6-18-32-47)40-54(41-53)59-52-36-20-34-49(38-52)56(44-25-11-3-12-26-44)45-27-13-4-14-28-45;/h1-34,37-40H;. The molecular weight excluding hydrogens is 792 g/mol. The van der Waals surface area contributed by atoms with Gasteiger partial charge in [-0.15, -0.1) is 0 Å². The molecule has 2 heterocycles. The quantitative estimate of drug-likeness (QED) is 0.135. The van der Waals surface area contributed by atoms with Gasteiger partial charge in [0.2, 0.25) is 0 Å². The van der Waals surface area contributed by atoms with Crippen LogP contribution in [0.3, 0.4) is 0 Å². The molecule has 0 bridgehead atoms. The molecule has 0 aliphatic carbocycles. The number of ether oxygens (including phenoxy) is 2. The first-order chi connectivity index (χ1) is 29.8. The second kappa shape index (κ2) is 15.4. The van der Waals surface area contributed by atoms with E-state index >= 15 is 0 Å². The average Bonchev–Trinajstić information content (AvgIpc) is 3.31. The van der Waals surface area contributed by atoms with E-state index in [-0.39, 0.29) is 0 Å². The van der Waals surface area contributed by atoms with Crippen LogP contribution >= 0.6 is 0 Å². The van der Waals surface area contributed by atoms with Crippen molar-refractivity contribution in [3.05, 3.63) is 231 Å². The van der Waals surface area contributed by atoms with Crippen LogP contribution in [0, 0.1) is 0 Å². The molecule has 5 nitrogen and oxygen atoms in total. The van der Waals surface area contributed by atoms with Crippen molar-refractivity contribution in [2.75, 3.05) is 14.7 Å². The van der Waals surface area contributed by atoms with E-state index < -0.39 is 16.2 Å². The summed E-state index contributed by atoms with van der Waals surface area (Å²) in [5.41, 5.74) is 9.46. The summed E-state index contributed by atoms with van der Waals surface area (Å²) >= 11 is -2.86. The Kier molecular flexibility index (Phi) is 9.19. The third-order valence-corrected chi connectivity index (χ3v) is 18.3. The van der Waals surface area contributed by atoms with E-state index in [1.54, 1.807) is 0 Å². The Balaban J connectivity index is 1.11. The number of para-hydroxylation sites is 6. The first-order valence-electron chi connectivity index (χ1n) is 20.3. The Morgan fingerprint density at radius 1 is 0.250 bits per heavy atom. The number of nitrogens with zero attached hydrogens (tertiary/aromatic N) is 3. The molecule has 0 fully saturated rings. The third kappa shape index (κ3) is 6.49. The van der Waals surface area contributed by atoms with Gasteiger partial charge >= 0.3 is 357 Å². The van der Waals surface area contributed by atoms with Crippen molar-refractivity contribution in [2.24, 2.45) is 0 Å². The van der Waals surface area contributed by atoms with Gasteiger partial charge in [0, 0.05) is 0 Å². The van der Waals surface area contributed by atoms with Crippen LogP contribution in [0.5, 0.6) is 23.0 Å². The number of rotatable bonds is 9. The van der Waals surface area contributed by atoms with Crippen LogP contribution in [0.4, 0.5) is 51.2 Å². The minimum absolute atomic E-state index is 0.852. The van der Waals surface area contributed by atoms with Gasteiger partial charge in [0.25, 0.3) is 0 Å². The van der Waals surface area contributed by atoms with Gasteiger partial charge in [0.15, 0.2) is 0 Å². The summed E-state index contributed by atoms with van der Waals surface area (Å²) in [5.74, 6) is 3.49. The van der Waals surface area contributed by atoms with Gasteiger partial charge in [0.05, 0.1) is 0 Å². The summed E-state index contributed by atoms with van der Waals surface area (Å²) in [5, 5.41) is 0. The first kappa shape index (κ1) is 35.8. The van der Waals surface area contributed by atoms with Gasteiger partial charge in [-0.25, -0.2) is 0 Å². The van der Waals surface area contributed by atoms with E-state index in [1.807, 2.05) is 0 Å². The van der Waals surface area contributed by atoms with Crippen LogP contribution in [0.15, 0.2) is 231 Å². The van der Waals surface area contributed by atoms with Crippen molar-refractivity contribution in [3.8, 4) is 23.0 Å². The van der Waals surface area contributed by atoms with Crippen LogP contribution in [0.1, 0.15) is 0 Å². The second-order valence-corrected chi connectivity index (χ2v) is 20.6. The van der Waals surface area contributed by atoms with Gasteiger partial charge in [0.1, 0.15) is 0 Å². The van der Waals surface area contributed by atoms with Gasteiger partial charge < -0.3 is 0 Å². The van der Waals surface area contributed by atoms with Crippen LogP contribution in [0.25, 0.3) is 0 Å². The van der Waals surface area contributed by atoms with Crippen molar-refractivity contribution in [3.63, 3.8) is 0 Å². The monoisotopic (exact) mass is 829 g/mol. The predicted octanol–water partition coefficient (Wildman–Crippen LogP) is 12.8. The molecule has 11 rings (SSSR count). The van der Waals surface area contributed by atoms with Crippen LogP contribution in [0.2, 0.25) is 0 Å². The van der Waals surface area contributed by atoms with Crippen molar-refractivity contribution in [2.45, 2.75) is 0 Å². The summed E-state index contributed by atoms with van der Waals surface area (Å²) in [6.07, 6.45) is 0. The molecule has 0 spiro atoms. The van der Waals surface area contributed by atoms with E-state index in [2.05, 4.69) is 245 Å². The fourth-order valence-electron chi connectivity index (χ4n) is 8.67. The summed E-state index contributed by atoms with van der Waals surface area (Å²) in [7, 11) is 0. The van der Waals surface area contributed by atoms with Crippen molar-refractivity contribution in [1.82, 2.24) is 0 Å². The van der Waals surface area contributed by atoms with Crippen molar-refractivity contribution >= 4 is 79.8 Å². The minimum atomic E-state index is -2.86. The molecule has 0 aromatic heterocycles. The molecule has 2 aliphatic rings. The number of hydrogen-bond acceptors (Lipinski definition) is 5. The molecule has 0 radical (unpaired) electrons. The zero-order chi connectivity index (χ0) is 39.8. The Bertz CT molecular complexity index is 2660. The maximum absolute atomic E-state index is 7.15. The van der Waals surface area contributed by atoms with E-state index in [0.29, 0.717) is 0 Å². The fourth-order valence-corrected chi connectivity index (χ4v) is 15.5. The molecule has 0 atom stereocenters. The van der Waals surface area contributed by atoms with Crippen molar-refractivity contribution in [1.29, 1.82) is 0 Å². The Labute approximate surface area is 355 Å². The summed E-state index contributed by atoms with van der Waals surface area (Å²) in [4.78, 5) is 6.88. The average molecular weight is 831 g/mol.